The molecular weight excluding hydrogens is 226 g/mol. The van der Waals surface area contributed by atoms with E-state index in [0.29, 0.717) is 5.69 Å². The average molecular weight is 243 g/mol. The number of nitrogen functional groups attached to an aromatic ring is 1. The molecule has 0 heterocycles. The molecule has 1 rings (SSSR count). The molecule has 1 aromatic rings. The summed E-state index contributed by atoms with van der Waals surface area (Å²) in [4.78, 5) is 0.131. The Labute approximate surface area is 96.5 Å². The predicted octanol–water partition coefficient (Wildman–Crippen LogP) is 2.02. The molecule has 0 aromatic heterocycles. The summed E-state index contributed by atoms with van der Waals surface area (Å²) in [5, 5.41) is 0. The lowest BCUT2D eigenvalue weighted by Gasteiger charge is -2.17. The zero-order chi connectivity index (χ0) is 12.4. The average Bonchev–Trinajstić information content (AvgIpc) is 2.15. The van der Waals surface area contributed by atoms with E-state index in [4.69, 9.17) is 9.92 Å². The SMILES string of the molecule is CC(C)(C)COS(=O)(=O)c1ccc(N)cc1. The summed E-state index contributed by atoms with van der Waals surface area (Å²) in [5.74, 6) is 0. The van der Waals surface area contributed by atoms with Crippen molar-refractivity contribution in [2.24, 2.45) is 5.41 Å². The Morgan fingerprint density at radius 2 is 1.69 bits per heavy atom. The highest BCUT2D eigenvalue weighted by atomic mass is 32.2. The van der Waals surface area contributed by atoms with Crippen LogP contribution in [0, 0.1) is 5.41 Å². The Balaban J connectivity index is 2.83. The largest absolute Gasteiger partial charge is 0.399 e. The molecule has 5 heteroatoms. The maximum absolute atomic E-state index is 11.7. The fourth-order valence-electron chi connectivity index (χ4n) is 0.957. The number of nitrogens with two attached hydrogens (primary N) is 1. The van der Waals surface area contributed by atoms with Crippen molar-refractivity contribution in [3.05, 3.63) is 24.3 Å². The minimum atomic E-state index is -3.67. The third-order valence-electron chi connectivity index (χ3n) is 1.82. The molecule has 0 fully saturated rings. The summed E-state index contributed by atoms with van der Waals surface area (Å²) in [6.07, 6.45) is 0. The van der Waals surface area contributed by atoms with Crippen LogP contribution in [0.15, 0.2) is 29.2 Å². The molecule has 0 atom stereocenters. The minimum absolute atomic E-state index is 0.131. The highest BCUT2D eigenvalue weighted by Crippen LogP contribution is 2.19. The number of rotatable bonds is 3. The van der Waals surface area contributed by atoms with E-state index in [-0.39, 0.29) is 16.9 Å². The minimum Gasteiger partial charge on any atom is -0.399 e. The second-order valence-corrected chi connectivity index (χ2v) is 6.46. The van der Waals surface area contributed by atoms with Crippen molar-refractivity contribution in [2.45, 2.75) is 25.7 Å². The topological polar surface area (TPSA) is 69.4 Å². The Kier molecular flexibility index (Phi) is 3.60. The normalized spacial score (nSPS) is 12.7. The maximum Gasteiger partial charge on any atom is 0.296 e. The van der Waals surface area contributed by atoms with Crippen LogP contribution < -0.4 is 5.73 Å². The van der Waals surface area contributed by atoms with Gasteiger partial charge in [0.1, 0.15) is 0 Å². The molecule has 0 bridgehead atoms. The second kappa shape index (κ2) is 4.43. The lowest BCUT2D eigenvalue weighted by Crippen LogP contribution is -2.18. The first-order valence-electron chi connectivity index (χ1n) is 4.96. The first-order valence-corrected chi connectivity index (χ1v) is 6.36. The summed E-state index contributed by atoms with van der Waals surface area (Å²) in [6, 6.07) is 5.95. The number of hydrogen-bond donors (Lipinski definition) is 1. The summed E-state index contributed by atoms with van der Waals surface area (Å²) >= 11 is 0. The molecule has 16 heavy (non-hydrogen) atoms. The zero-order valence-electron chi connectivity index (χ0n) is 9.73. The van der Waals surface area contributed by atoms with Gasteiger partial charge in [0.2, 0.25) is 0 Å². The van der Waals surface area contributed by atoms with Gasteiger partial charge in [-0.05, 0) is 29.7 Å². The molecule has 0 saturated carbocycles. The summed E-state index contributed by atoms with van der Waals surface area (Å²) < 4.78 is 28.4. The molecule has 2 N–H and O–H groups in total. The number of anilines is 1. The van der Waals surface area contributed by atoms with Crippen molar-refractivity contribution in [3.63, 3.8) is 0 Å². The smallest absolute Gasteiger partial charge is 0.296 e. The van der Waals surface area contributed by atoms with Crippen LogP contribution >= 0.6 is 0 Å². The van der Waals surface area contributed by atoms with Crippen LogP contribution in [0.25, 0.3) is 0 Å². The van der Waals surface area contributed by atoms with Crippen LogP contribution in [-0.2, 0) is 14.3 Å². The molecule has 1 aromatic carbocycles. The highest BCUT2D eigenvalue weighted by Gasteiger charge is 2.19. The van der Waals surface area contributed by atoms with Crippen molar-refractivity contribution >= 4 is 15.8 Å². The molecule has 90 valence electrons. The molecule has 0 unspecified atom stereocenters. The molecule has 0 amide bonds. The molecule has 0 aliphatic carbocycles. The fraction of sp³-hybridized carbons (Fsp3) is 0.455. The lowest BCUT2D eigenvalue weighted by molar-refractivity contribution is 0.203. The summed E-state index contributed by atoms with van der Waals surface area (Å²) in [6.45, 7) is 5.88. The fourth-order valence-corrected chi connectivity index (χ4v) is 2.07. The predicted molar refractivity (Wildman–Crippen MR) is 63.4 cm³/mol. The lowest BCUT2D eigenvalue weighted by atomic mass is 9.99. The van der Waals surface area contributed by atoms with Crippen LogP contribution in [0.1, 0.15) is 20.8 Å². The first-order chi connectivity index (χ1) is 7.21. The Hall–Kier alpha value is -1.07. The molecule has 0 aliphatic rings. The van der Waals surface area contributed by atoms with Gasteiger partial charge in [-0.25, -0.2) is 0 Å². The van der Waals surface area contributed by atoms with Crippen molar-refractivity contribution in [1.82, 2.24) is 0 Å². The molecule has 4 nitrogen and oxygen atoms in total. The van der Waals surface area contributed by atoms with Crippen molar-refractivity contribution in [2.75, 3.05) is 12.3 Å². The van der Waals surface area contributed by atoms with E-state index in [1.54, 1.807) is 0 Å². The van der Waals surface area contributed by atoms with Crippen LogP contribution in [0.5, 0.6) is 0 Å². The van der Waals surface area contributed by atoms with Crippen molar-refractivity contribution in [3.8, 4) is 0 Å². The van der Waals surface area contributed by atoms with Gasteiger partial charge < -0.3 is 5.73 Å². The summed E-state index contributed by atoms with van der Waals surface area (Å²) in [5.41, 5.74) is 5.81. The van der Waals surface area contributed by atoms with Gasteiger partial charge in [0.25, 0.3) is 10.1 Å². The van der Waals surface area contributed by atoms with Crippen molar-refractivity contribution < 1.29 is 12.6 Å². The summed E-state index contributed by atoms with van der Waals surface area (Å²) in [7, 11) is -3.67. The quantitative estimate of drug-likeness (QED) is 0.651. The zero-order valence-corrected chi connectivity index (χ0v) is 10.5. The van der Waals surface area contributed by atoms with E-state index in [2.05, 4.69) is 0 Å². The molecule has 0 spiro atoms. The highest BCUT2D eigenvalue weighted by molar-refractivity contribution is 7.86. The van der Waals surface area contributed by atoms with E-state index in [1.165, 1.54) is 24.3 Å². The third kappa shape index (κ3) is 3.83. The van der Waals surface area contributed by atoms with Gasteiger partial charge in [0, 0.05) is 5.69 Å². The third-order valence-corrected chi connectivity index (χ3v) is 3.09. The van der Waals surface area contributed by atoms with E-state index >= 15 is 0 Å². The van der Waals surface area contributed by atoms with Crippen molar-refractivity contribution in [1.29, 1.82) is 0 Å². The monoisotopic (exact) mass is 243 g/mol. The van der Waals surface area contributed by atoms with Crippen LogP contribution in [0.4, 0.5) is 5.69 Å². The van der Waals surface area contributed by atoms with E-state index < -0.39 is 10.1 Å². The van der Waals surface area contributed by atoms with Gasteiger partial charge in [-0.1, -0.05) is 20.8 Å². The Bertz CT molecular complexity index is 443. The first kappa shape index (κ1) is 13.0. The van der Waals surface area contributed by atoms with Crippen LogP contribution in [0.3, 0.4) is 0 Å². The van der Waals surface area contributed by atoms with Crippen LogP contribution in [0.2, 0.25) is 0 Å². The van der Waals surface area contributed by atoms with Gasteiger partial charge in [-0.15, -0.1) is 0 Å². The van der Waals surface area contributed by atoms with E-state index in [1.807, 2.05) is 20.8 Å². The molecule has 0 aliphatic heterocycles. The Morgan fingerprint density at radius 1 is 1.19 bits per heavy atom. The number of benzene rings is 1. The van der Waals surface area contributed by atoms with Gasteiger partial charge in [0.05, 0.1) is 11.5 Å². The van der Waals surface area contributed by atoms with Gasteiger partial charge in [-0.3, -0.25) is 4.18 Å². The standard InChI is InChI=1S/C11H17NO3S/c1-11(2,3)8-15-16(13,14)10-6-4-9(12)5-7-10/h4-7H,8,12H2,1-3H3. The Morgan fingerprint density at radius 3 is 2.12 bits per heavy atom. The maximum atomic E-state index is 11.7. The van der Waals surface area contributed by atoms with E-state index in [0.717, 1.165) is 0 Å². The molecule has 0 saturated heterocycles. The molecular formula is C11H17NO3S. The number of hydrogen-bond acceptors (Lipinski definition) is 4. The van der Waals surface area contributed by atoms with Gasteiger partial charge in [-0.2, -0.15) is 8.42 Å². The van der Waals surface area contributed by atoms with Gasteiger partial charge in [0.15, 0.2) is 0 Å². The second-order valence-electron chi connectivity index (χ2n) is 4.85. The van der Waals surface area contributed by atoms with E-state index in [9.17, 15) is 8.42 Å². The molecule has 0 radical (unpaired) electrons. The van der Waals surface area contributed by atoms with Crippen LogP contribution in [-0.4, -0.2) is 15.0 Å². The van der Waals surface area contributed by atoms with Gasteiger partial charge >= 0.3 is 0 Å².